The lowest BCUT2D eigenvalue weighted by Gasteiger charge is -2.30. The van der Waals surface area contributed by atoms with Gasteiger partial charge in [0.2, 0.25) is 0 Å². The Kier molecular flexibility index (Phi) is 6.50. The van der Waals surface area contributed by atoms with Crippen LogP contribution in [-0.2, 0) is 13.1 Å². The minimum absolute atomic E-state index is 0.546. The van der Waals surface area contributed by atoms with Gasteiger partial charge in [0.05, 0.1) is 13.1 Å². The van der Waals surface area contributed by atoms with Gasteiger partial charge in [-0.25, -0.2) is 0 Å². The standard InChI is InChI=1S/C20H31N3S/c1-16-6-2-3-7-19(16)22-20(24)21-14-17-8-10-18(11-9-17)15-23-12-4-5-13-23/h8-11,16,19H,2-7,12-15H2,1H3,(H2,21,22,24)/p+1/t16-,19+/m1/s1. The van der Waals surface area contributed by atoms with Crippen molar-refractivity contribution in [1.29, 1.82) is 0 Å². The minimum Gasteiger partial charge on any atom is -0.360 e. The van der Waals surface area contributed by atoms with Crippen molar-refractivity contribution in [1.82, 2.24) is 10.6 Å². The van der Waals surface area contributed by atoms with Crippen molar-refractivity contribution in [3.63, 3.8) is 0 Å². The lowest BCUT2D eigenvalue weighted by atomic mass is 9.86. The van der Waals surface area contributed by atoms with Crippen molar-refractivity contribution >= 4 is 17.3 Å². The molecule has 1 heterocycles. The average Bonchev–Trinajstić information content (AvgIpc) is 3.09. The van der Waals surface area contributed by atoms with Crippen LogP contribution in [0.4, 0.5) is 0 Å². The van der Waals surface area contributed by atoms with E-state index in [1.807, 2.05) is 0 Å². The minimum atomic E-state index is 0.546. The van der Waals surface area contributed by atoms with Gasteiger partial charge in [0.15, 0.2) is 5.11 Å². The molecule has 0 aromatic heterocycles. The van der Waals surface area contributed by atoms with Gasteiger partial charge in [-0.3, -0.25) is 0 Å². The zero-order valence-corrected chi connectivity index (χ0v) is 15.8. The van der Waals surface area contributed by atoms with Crippen LogP contribution in [0, 0.1) is 5.92 Å². The van der Waals surface area contributed by atoms with Crippen LogP contribution in [0.15, 0.2) is 24.3 Å². The van der Waals surface area contributed by atoms with Gasteiger partial charge in [-0.2, -0.15) is 0 Å². The number of quaternary nitrogens is 1. The first-order chi connectivity index (χ1) is 11.7. The molecule has 0 spiro atoms. The Balaban J connectivity index is 1.41. The highest BCUT2D eigenvalue weighted by Gasteiger charge is 2.21. The first-order valence-electron chi connectivity index (χ1n) is 9.66. The van der Waals surface area contributed by atoms with Gasteiger partial charge in [0.25, 0.3) is 0 Å². The number of benzene rings is 1. The van der Waals surface area contributed by atoms with Gasteiger partial charge in [0, 0.05) is 31.0 Å². The Labute approximate surface area is 152 Å². The number of rotatable bonds is 5. The van der Waals surface area contributed by atoms with Gasteiger partial charge >= 0.3 is 0 Å². The molecular formula is C20H32N3S+. The van der Waals surface area contributed by atoms with Crippen LogP contribution in [0.3, 0.4) is 0 Å². The van der Waals surface area contributed by atoms with E-state index in [1.54, 1.807) is 4.90 Å². The molecule has 0 unspecified atom stereocenters. The molecule has 0 radical (unpaired) electrons. The molecule has 2 fully saturated rings. The van der Waals surface area contributed by atoms with E-state index in [1.165, 1.54) is 69.3 Å². The molecule has 1 aliphatic carbocycles. The smallest absolute Gasteiger partial charge is 0.166 e. The fourth-order valence-electron chi connectivity index (χ4n) is 4.05. The van der Waals surface area contributed by atoms with Crippen LogP contribution in [0.5, 0.6) is 0 Å². The molecule has 1 saturated carbocycles. The lowest BCUT2D eigenvalue weighted by Crippen LogP contribution is -3.08. The molecule has 1 aliphatic heterocycles. The number of likely N-dealkylation sites (tertiary alicyclic amines) is 1. The van der Waals surface area contributed by atoms with Crippen molar-refractivity contribution in [3.8, 4) is 0 Å². The summed E-state index contributed by atoms with van der Waals surface area (Å²) < 4.78 is 0. The van der Waals surface area contributed by atoms with Crippen molar-refractivity contribution in [2.24, 2.45) is 5.92 Å². The van der Waals surface area contributed by atoms with Crippen LogP contribution in [0.25, 0.3) is 0 Å². The third-order valence-electron chi connectivity index (χ3n) is 5.67. The third kappa shape index (κ3) is 5.18. The van der Waals surface area contributed by atoms with E-state index < -0.39 is 0 Å². The molecule has 3 rings (SSSR count). The summed E-state index contributed by atoms with van der Waals surface area (Å²) in [6.45, 7) is 6.99. The highest BCUT2D eigenvalue weighted by molar-refractivity contribution is 7.80. The third-order valence-corrected chi connectivity index (χ3v) is 5.93. The van der Waals surface area contributed by atoms with Crippen molar-refractivity contribution in [2.75, 3.05) is 13.1 Å². The topological polar surface area (TPSA) is 28.5 Å². The Morgan fingerprint density at radius 1 is 1.04 bits per heavy atom. The van der Waals surface area contributed by atoms with Gasteiger partial charge < -0.3 is 15.5 Å². The summed E-state index contributed by atoms with van der Waals surface area (Å²) in [5, 5.41) is 7.69. The van der Waals surface area contributed by atoms with Gasteiger partial charge in [-0.1, -0.05) is 44.0 Å². The predicted molar refractivity (Wildman–Crippen MR) is 104 cm³/mol. The van der Waals surface area contributed by atoms with Crippen LogP contribution in [0.2, 0.25) is 0 Å². The van der Waals surface area contributed by atoms with Crippen LogP contribution < -0.4 is 15.5 Å². The first-order valence-corrected chi connectivity index (χ1v) is 10.1. The average molecular weight is 347 g/mol. The quantitative estimate of drug-likeness (QED) is 0.715. The van der Waals surface area contributed by atoms with E-state index in [-0.39, 0.29) is 0 Å². The fourth-order valence-corrected chi connectivity index (χ4v) is 4.27. The van der Waals surface area contributed by atoms with Crippen molar-refractivity contribution in [3.05, 3.63) is 35.4 Å². The van der Waals surface area contributed by atoms with Crippen molar-refractivity contribution < 1.29 is 4.90 Å². The fraction of sp³-hybridized carbons (Fsp3) is 0.650. The van der Waals surface area contributed by atoms with E-state index in [9.17, 15) is 0 Å². The Morgan fingerprint density at radius 3 is 2.42 bits per heavy atom. The number of hydrogen-bond acceptors (Lipinski definition) is 1. The number of thiocarbonyl (C=S) groups is 1. The molecule has 24 heavy (non-hydrogen) atoms. The maximum absolute atomic E-state index is 5.48. The Bertz CT molecular complexity index is 522. The van der Waals surface area contributed by atoms with E-state index in [0.29, 0.717) is 6.04 Å². The van der Waals surface area contributed by atoms with Crippen LogP contribution >= 0.6 is 12.2 Å². The van der Waals surface area contributed by atoms with E-state index in [4.69, 9.17) is 12.2 Å². The van der Waals surface area contributed by atoms with Crippen molar-refractivity contribution in [2.45, 2.75) is 64.6 Å². The van der Waals surface area contributed by atoms with Crippen LogP contribution in [-0.4, -0.2) is 24.2 Å². The Morgan fingerprint density at radius 2 is 1.71 bits per heavy atom. The second-order valence-electron chi connectivity index (χ2n) is 7.65. The maximum atomic E-state index is 5.48. The highest BCUT2D eigenvalue weighted by Crippen LogP contribution is 2.23. The number of nitrogens with one attached hydrogen (secondary N) is 3. The summed E-state index contributed by atoms with van der Waals surface area (Å²) in [6.07, 6.45) is 8.04. The molecule has 0 bridgehead atoms. The molecular weight excluding hydrogens is 314 g/mol. The highest BCUT2D eigenvalue weighted by atomic mass is 32.1. The van der Waals surface area contributed by atoms with Gasteiger partial charge in [-0.15, -0.1) is 0 Å². The summed E-state index contributed by atoms with van der Waals surface area (Å²) in [7, 11) is 0. The Hall–Kier alpha value is -1.13. The maximum Gasteiger partial charge on any atom is 0.166 e. The first kappa shape index (κ1) is 17.7. The summed E-state index contributed by atoms with van der Waals surface area (Å²) in [5.74, 6) is 0.728. The molecule has 1 saturated heterocycles. The monoisotopic (exact) mass is 346 g/mol. The second kappa shape index (κ2) is 8.82. The van der Waals surface area contributed by atoms with E-state index in [2.05, 4.69) is 41.8 Å². The van der Waals surface area contributed by atoms with E-state index in [0.717, 1.165) is 17.6 Å². The second-order valence-corrected chi connectivity index (χ2v) is 8.05. The summed E-state index contributed by atoms with van der Waals surface area (Å²) in [5.41, 5.74) is 2.75. The molecule has 1 aromatic carbocycles. The largest absolute Gasteiger partial charge is 0.360 e. The molecule has 2 atom stereocenters. The van der Waals surface area contributed by atoms with E-state index >= 15 is 0 Å². The molecule has 2 aliphatic rings. The molecule has 132 valence electrons. The van der Waals surface area contributed by atoms with Gasteiger partial charge in [0.1, 0.15) is 6.54 Å². The zero-order valence-electron chi connectivity index (χ0n) is 14.9. The normalized spacial score (nSPS) is 24.7. The summed E-state index contributed by atoms with van der Waals surface area (Å²) >= 11 is 5.48. The molecule has 1 aromatic rings. The predicted octanol–water partition coefficient (Wildman–Crippen LogP) is 2.41. The summed E-state index contributed by atoms with van der Waals surface area (Å²) in [4.78, 5) is 1.73. The number of hydrogen-bond donors (Lipinski definition) is 3. The molecule has 3 nitrogen and oxygen atoms in total. The summed E-state index contributed by atoms with van der Waals surface area (Å²) in [6, 6.07) is 9.58. The van der Waals surface area contributed by atoms with Crippen LogP contribution in [0.1, 0.15) is 56.6 Å². The van der Waals surface area contributed by atoms with Gasteiger partial charge in [-0.05, 0) is 36.5 Å². The zero-order chi connectivity index (χ0) is 16.8. The molecule has 0 amide bonds. The molecule has 3 N–H and O–H groups in total. The molecule has 4 heteroatoms. The lowest BCUT2D eigenvalue weighted by molar-refractivity contribution is -0.901. The SMILES string of the molecule is C[C@@H]1CCCC[C@@H]1NC(=S)NCc1ccc(C[NH+]2CCCC2)cc1.